The van der Waals surface area contributed by atoms with E-state index in [1.165, 1.54) is 0 Å². The molecule has 1 atom stereocenters. The fourth-order valence-corrected chi connectivity index (χ4v) is 2.11. The highest BCUT2D eigenvalue weighted by atomic mass is 16.1. The molecule has 0 aromatic heterocycles. The summed E-state index contributed by atoms with van der Waals surface area (Å²) in [4.78, 5) is 12.0. The number of allylic oxidation sites excluding steroid dienone is 2. The lowest BCUT2D eigenvalue weighted by Crippen LogP contribution is -2.28. The highest BCUT2D eigenvalue weighted by molar-refractivity contribution is 5.93. The molecule has 0 amide bonds. The van der Waals surface area contributed by atoms with Gasteiger partial charge in [-0.2, -0.15) is 0 Å². The summed E-state index contributed by atoms with van der Waals surface area (Å²) in [5.74, 6) is 0.407. The van der Waals surface area contributed by atoms with E-state index in [0.29, 0.717) is 5.78 Å². The number of carbonyl (C=O) groups is 1. The molecule has 0 N–H and O–H groups in total. The summed E-state index contributed by atoms with van der Waals surface area (Å²) < 4.78 is 0. The van der Waals surface area contributed by atoms with Gasteiger partial charge in [-0.3, -0.25) is 4.79 Å². The van der Waals surface area contributed by atoms with Crippen molar-refractivity contribution in [2.24, 2.45) is 10.8 Å². The molecule has 74 valence electrons. The van der Waals surface area contributed by atoms with Crippen LogP contribution in [-0.4, -0.2) is 5.78 Å². The number of hydrogen-bond donors (Lipinski definition) is 0. The molecule has 0 aromatic carbocycles. The first kappa shape index (κ1) is 10.5. The smallest absolute Gasteiger partial charge is 0.148 e. The molecule has 0 aliphatic heterocycles. The summed E-state index contributed by atoms with van der Waals surface area (Å²) >= 11 is 0. The molecule has 0 radical (unpaired) electrons. The minimum atomic E-state index is -0.181. The van der Waals surface area contributed by atoms with E-state index < -0.39 is 0 Å². The average Bonchev–Trinajstić information content (AvgIpc) is 2.28. The van der Waals surface area contributed by atoms with Crippen LogP contribution in [0.3, 0.4) is 0 Å². The molecule has 0 aromatic rings. The van der Waals surface area contributed by atoms with Crippen molar-refractivity contribution in [3.8, 4) is 0 Å². The van der Waals surface area contributed by atoms with Crippen molar-refractivity contribution in [2.45, 2.75) is 47.0 Å². The molecule has 1 heteroatoms. The summed E-state index contributed by atoms with van der Waals surface area (Å²) in [6, 6.07) is 0. The van der Waals surface area contributed by atoms with E-state index in [1.807, 2.05) is 0 Å². The molecule has 1 aliphatic carbocycles. The van der Waals surface area contributed by atoms with E-state index in [4.69, 9.17) is 0 Å². The van der Waals surface area contributed by atoms with Crippen LogP contribution in [0.25, 0.3) is 0 Å². The van der Waals surface area contributed by atoms with E-state index in [9.17, 15) is 4.79 Å². The maximum atomic E-state index is 12.0. The van der Waals surface area contributed by atoms with Gasteiger partial charge < -0.3 is 0 Å². The SMILES string of the molecule is CC/C=C/C1(C)CCC(C)(C)C1=O. The zero-order valence-corrected chi connectivity index (χ0v) is 9.18. The molecule has 1 nitrogen and oxygen atoms in total. The standard InChI is InChI=1S/C12H20O/c1-5-6-7-12(4)9-8-11(2,3)10(12)13/h6-7H,5,8-9H2,1-4H3/b7-6+. The van der Waals surface area contributed by atoms with Crippen molar-refractivity contribution in [3.05, 3.63) is 12.2 Å². The third-order valence-electron chi connectivity index (χ3n) is 3.12. The fourth-order valence-electron chi connectivity index (χ4n) is 2.11. The Morgan fingerprint density at radius 1 is 1.31 bits per heavy atom. The van der Waals surface area contributed by atoms with Crippen molar-refractivity contribution < 1.29 is 4.79 Å². The van der Waals surface area contributed by atoms with Crippen LogP contribution in [0, 0.1) is 10.8 Å². The maximum absolute atomic E-state index is 12.0. The monoisotopic (exact) mass is 180 g/mol. The van der Waals surface area contributed by atoms with Gasteiger partial charge >= 0.3 is 0 Å². The lowest BCUT2D eigenvalue weighted by molar-refractivity contribution is -0.129. The van der Waals surface area contributed by atoms with Gasteiger partial charge in [-0.05, 0) is 26.2 Å². The predicted molar refractivity (Wildman–Crippen MR) is 55.6 cm³/mol. The van der Waals surface area contributed by atoms with Gasteiger partial charge in [0.05, 0.1) is 0 Å². The lowest BCUT2D eigenvalue weighted by Gasteiger charge is -2.21. The van der Waals surface area contributed by atoms with Crippen LogP contribution in [0.5, 0.6) is 0 Å². The Morgan fingerprint density at radius 2 is 1.92 bits per heavy atom. The first-order chi connectivity index (χ1) is 5.92. The molecular formula is C12H20O. The predicted octanol–water partition coefficient (Wildman–Crippen LogP) is 3.35. The maximum Gasteiger partial charge on any atom is 0.148 e. The van der Waals surface area contributed by atoms with E-state index in [-0.39, 0.29) is 10.8 Å². The van der Waals surface area contributed by atoms with Crippen LogP contribution in [0.15, 0.2) is 12.2 Å². The first-order valence-electron chi connectivity index (χ1n) is 5.15. The van der Waals surface area contributed by atoms with Gasteiger partial charge in [0, 0.05) is 10.8 Å². The molecule has 0 saturated heterocycles. The normalized spacial score (nSPS) is 33.1. The summed E-state index contributed by atoms with van der Waals surface area (Å²) in [6.07, 6.45) is 7.26. The Kier molecular flexibility index (Phi) is 2.65. The molecule has 0 heterocycles. The van der Waals surface area contributed by atoms with Crippen LogP contribution < -0.4 is 0 Å². The molecule has 13 heavy (non-hydrogen) atoms. The summed E-state index contributed by atoms with van der Waals surface area (Å²) in [5.41, 5.74) is -0.285. The van der Waals surface area contributed by atoms with Gasteiger partial charge in [0.2, 0.25) is 0 Å². The molecule has 1 saturated carbocycles. The van der Waals surface area contributed by atoms with Crippen LogP contribution in [0.4, 0.5) is 0 Å². The second-order valence-corrected chi connectivity index (χ2v) is 4.94. The average molecular weight is 180 g/mol. The van der Waals surface area contributed by atoms with Gasteiger partial charge in [-0.1, -0.05) is 32.9 Å². The molecule has 1 aliphatic rings. The van der Waals surface area contributed by atoms with Crippen molar-refractivity contribution in [2.75, 3.05) is 0 Å². The summed E-state index contributed by atoms with van der Waals surface area (Å²) in [5, 5.41) is 0. The Bertz CT molecular complexity index is 238. The van der Waals surface area contributed by atoms with Crippen molar-refractivity contribution in [3.63, 3.8) is 0 Å². The molecule has 0 bridgehead atoms. The first-order valence-corrected chi connectivity index (χ1v) is 5.15. The molecular weight excluding hydrogens is 160 g/mol. The highest BCUT2D eigenvalue weighted by Gasteiger charge is 2.46. The summed E-state index contributed by atoms with van der Waals surface area (Å²) in [6.45, 7) is 8.28. The van der Waals surface area contributed by atoms with Crippen LogP contribution in [0.1, 0.15) is 47.0 Å². The number of carbonyl (C=O) groups excluding carboxylic acids is 1. The molecule has 1 fully saturated rings. The van der Waals surface area contributed by atoms with E-state index in [2.05, 4.69) is 39.8 Å². The van der Waals surface area contributed by atoms with E-state index in [1.54, 1.807) is 0 Å². The minimum Gasteiger partial charge on any atom is -0.298 e. The van der Waals surface area contributed by atoms with Gasteiger partial charge in [0.25, 0.3) is 0 Å². The van der Waals surface area contributed by atoms with Crippen molar-refractivity contribution >= 4 is 5.78 Å². The lowest BCUT2D eigenvalue weighted by atomic mass is 9.81. The molecule has 1 unspecified atom stereocenters. The Hall–Kier alpha value is -0.590. The zero-order valence-electron chi connectivity index (χ0n) is 9.18. The quantitative estimate of drug-likeness (QED) is 0.596. The Morgan fingerprint density at radius 3 is 2.31 bits per heavy atom. The van der Waals surface area contributed by atoms with Crippen LogP contribution in [0.2, 0.25) is 0 Å². The van der Waals surface area contributed by atoms with E-state index >= 15 is 0 Å². The number of rotatable bonds is 2. The topological polar surface area (TPSA) is 17.1 Å². The van der Waals surface area contributed by atoms with Crippen molar-refractivity contribution in [1.29, 1.82) is 0 Å². The second kappa shape index (κ2) is 3.28. The zero-order chi connectivity index (χ0) is 10.1. The molecule has 0 spiro atoms. The number of ketones is 1. The number of hydrogen-bond acceptors (Lipinski definition) is 1. The van der Waals surface area contributed by atoms with Gasteiger partial charge in [-0.25, -0.2) is 0 Å². The minimum absolute atomic E-state index is 0.104. The van der Waals surface area contributed by atoms with Crippen LogP contribution >= 0.6 is 0 Å². The third kappa shape index (κ3) is 1.84. The Balaban J connectivity index is 2.84. The highest BCUT2D eigenvalue weighted by Crippen LogP contribution is 2.46. The van der Waals surface area contributed by atoms with E-state index in [0.717, 1.165) is 19.3 Å². The number of Topliss-reactive ketones (excluding diaryl/α,β-unsaturated/α-hetero) is 1. The summed E-state index contributed by atoms with van der Waals surface area (Å²) in [7, 11) is 0. The Labute approximate surface area is 81.2 Å². The molecule has 1 rings (SSSR count). The largest absolute Gasteiger partial charge is 0.298 e. The van der Waals surface area contributed by atoms with Gasteiger partial charge in [-0.15, -0.1) is 0 Å². The fraction of sp³-hybridized carbons (Fsp3) is 0.750. The van der Waals surface area contributed by atoms with Crippen LogP contribution in [-0.2, 0) is 4.79 Å². The third-order valence-corrected chi connectivity index (χ3v) is 3.12. The van der Waals surface area contributed by atoms with Crippen molar-refractivity contribution in [1.82, 2.24) is 0 Å². The van der Waals surface area contributed by atoms with Gasteiger partial charge in [0.15, 0.2) is 0 Å². The second-order valence-electron chi connectivity index (χ2n) is 4.94. The van der Waals surface area contributed by atoms with Gasteiger partial charge in [0.1, 0.15) is 5.78 Å².